The molecule has 0 saturated carbocycles. The number of carboxylic acids is 1. The maximum absolute atomic E-state index is 13.2. The molecule has 1 aromatic carbocycles. The number of carbonyl (C=O) groups is 3. The highest BCUT2D eigenvalue weighted by atomic mass is 32.2. The fraction of sp³-hybridized carbons (Fsp3) is 0.526. The predicted octanol–water partition coefficient (Wildman–Crippen LogP) is 1.35. The molecule has 0 spiro atoms. The molecule has 1 aromatic rings. The molecule has 3 atom stereocenters. The fourth-order valence-electron chi connectivity index (χ4n) is 3.93. The molecule has 2 fully saturated rings. The Kier molecular flexibility index (Phi) is 5.10. The molecule has 2 saturated heterocycles. The second-order valence-corrected chi connectivity index (χ2v) is 9.30. The van der Waals surface area contributed by atoms with Crippen LogP contribution in [0.4, 0.5) is 0 Å². The molecule has 10 heteroatoms. The van der Waals surface area contributed by atoms with Crippen LogP contribution < -0.4 is 19.5 Å². The molecule has 0 aromatic heterocycles. The third-order valence-corrected chi connectivity index (χ3v) is 7.09. The van der Waals surface area contributed by atoms with Gasteiger partial charge in [-0.3, -0.25) is 9.59 Å². The van der Waals surface area contributed by atoms with Crippen molar-refractivity contribution in [3.05, 3.63) is 17.7 Å². The number of nitrogens with zero attached hydrogens (tertiary/aromatic N) is 1. The molecule has 2 amide bonds. The Morgan fingerprint density at radius 3 is 2.21 bits per heavy atom. The Morgan fingerprint density at radius 2 is 1.69 bits per heavy atom. The number of thioether (sulfide) groups is 1. The topological polar surface area (TPSA) is 114 Å². The zero-order chi connectivity index (χ0) is 21.7. The van der Waals surface area contributed by atoms with E-state index in [0.717, 1.165) is 0 Å². The molecule has 158 valence electrons. The molecule has 2 heterocycles. The standard InChI is InChI=1S/C19H24N2O7S/c1-18(2)13(15(23)24)21-16(25)19(3,17(21)29-18)20-14(22)11-9(26-4)7-8-10(27-5)12(11)28-6/h7-8,13,17H,1-6H3,(H,20,22)(H,23,24)/t13-,17+,19-/m0/s1. The number of carbonyl (C=O) groups excluding carboxylic acids is 2. The molecule has 0 radical (unpaired) electrons. The van der Waals surface area contributed by atoms with Crippen LogP contribution in [0.2, 0.25) is 0 Å². The van der Waals surface area contributed by atoms with Gasteiger partial charge in [0.15, 0.2) is 11.5 Å². The normalized spacial score (nSPS) is 27.0. The van der Waals surface area contributed by atoms with Crippen LogP contribution in [0, 0.1) is 0 Å². The number of β-lactam (4-membered cyclic amide) rings is 1. The lowest BCUT2D eigenvalue weighted by Crippen LogP contribution is -2.78. The monoisotopic (exact) mass is 424 g/mol. The summed E-state index contributed by atoms with van der Waals surface area (Å²) >= 11 is 1.35. The van der Waals surface area contributed by atoms with Gasteiger partial charge in [-0.05, 0) is 32.9 Å². The van der Waals surface area contributed by atoms with Crippen molar-refractivity contribution in [3.8, 4) is 17.2 Å². The number of carboxylic acid groups (broad SMARTS) is 1. The Morgan fingerprint density at radius 1 is 1.10 bits per heavy atom. The van der Waals surface area contributed by atoms with Gasteiger partial charge in [0.2, 0.25) is 0 Å². The van der Waals surface area contributed by atoms with Gasteiger partial charge >= 0.3 is 5.97 Å². The first-order chi connectivity index (χ1) is 13.5. The number of methoxy groups -OCH3 is 3. The summed E-state index contributed by atoms with van der Waals surface area (Å²) in [7, 11) is 4.27. The van der Waals surface area contributed by atoms with Crippen molar-refractivity contribution in [1.29, 1.82) is 0 Å². The van der Waals surface area contributed by atoms with E-state index < -0.39 is 39.5 Å². The minimum Gasteiger partial charge on any atom is -0.496 e. The van der Waals surface area contributed by atoms with Crippen LogP contribution in [-0.2, 0) is 9.59 Å². The Hall–Kier alpha value is -2.62. The van der Waals surface area contributed by atoms with Crippen LogP contribution in [0.5, 0.6) is 17.2 Å². The van der Waals surface area contributed by atoms with E-state index in [0.29, 0.717) is 5.75 Å². The van der Waals surface area contributed by atoms with Crippen LogP contribution in [-0.4, -0.2) is 70.8 Å². The molecule has 29 heavy (non-hydrogen) atoms. The lowest BCUT2D eigenvalue weighted by molar-refractivity contribution is -0.165. The minimum absolute atomic E-state index is 0.0962. The molecule has 0 unspecified atom stereocenters. The first-order valence-corrected chi connectivity index (χ1v) is 9.76. The van der Waals surface area contributed by atoms with Gasteiger partial charge in [0.25, 0.3) is 11.8 Å². The first-order valence-electron chi connectivity index (χ1n) is 8.88. The van der Waals surface area contributed by atoms with E-state index in [1.54, 1.807) is 32.9 Å². The van der Waals surface area contributed by atoms with Crippen molar-refractivity contribution < 1.29 is 33.7 Å². The van der Waals surface area contributed by atoms with Crippen LogP contribution in [0.3, 0.4) is 0 Å². The second kappa shape index (κ2) is 7.01. The lowest BCUT2D eigenvalue weighted by atomic mass is 9.86. The summed E-state index contributed by atoms with van der Waals surface area (Å²) in [6.07, 6.45) is 0. The summed E-state index contributed by atoms with van der Waals surface area (Å²) < 4.78 is 15.2. The van der Waals surface area contributed by atoms with E-state index >= 15 is 0 Å². The predicted molar refractivity (Wildman–Crippen MR) is 106 cm³/mol. The zero-order valence-electron chi connectivity index (χ0n) is 17.1. The van der Waals surface area contributed by atoms with E-state index in [4.69, 9.17) is 14.2 Å². The average Bonchev–Trinajstić information content (AvgIpc) is 2.95. The van der Waals surface area contributed by atoms with Gasteiger partial charge in [-0.1, -0.05) is 0 Å². The summed E-state index contributed by atoms with van der Waals surface area (Å²) in [5.74, 6) is -1.31. The molecule has 3 rings (SSSR count). The van der Waals surface area contributed by atoms with E-state index in [1.807, 2.05) is 0 Å². The quantitative estimate of drug-likeness (QED) is 0.658. The van der Waals surface area contributed by atoms with Crippen molar-refractivity contribution in [1.82, 2.24) is 10.2 Å². The number of aliphatic carboxylic acids is 1. The Balaban J connectivity index is 1.95. The number of fused-ring (bicyclic) bond motifs is 1. The van der Waals surface area contributed by atoms with Gasteiger partial charge in [0, 0.05) is 4.75 Å². The maximum atomic E-state index is 13.2. The highest BCUT2D eigenvalue weighted by Gasteiger charge is 2.70. The molecule has 2 aliphatic heterocycles. The van der Waals surface area contributed by atoms with Crippen LogP contribution in [0.1, 0.15) is 31.1 Å². The molecular weight excluding hydrogens is 400 g/mol. The molecule has 2 aliphatic rings. The van der Waals surface area contributed by atoms with Crippen molar-refractivity contribution in [3.63, 3.8) is 0 Å². The van der Waals surface area contributed by atoms with Gasteiger partial charge in [0.1, 0.15) is 28.3 Å². The van der Waals surface area contributed by atoms with Gasteiger partial charge in [-0.15, -0.1) is 11.8 Å². The summed E-state index contributed by atoms with van der Waals surface area (Å²) in [6.45, 7) is 5.15. The summed E-state index contributed by atoms with van der Waals surface area (Å²) in [4.78, 5) is 39.1. The fourth-order valence-corrected chi connectivity index (χ4v) is 5.58. The number of hydrogen-bond donors (Lipinski definition) is 2. The largest absolute Gasteiger partial charge is 0.496 e. The van der Waals surface area contributed by atoms with Gasteiger partial charge in [0.05, 0.1) is 21.3 Å². The molecule has 2 N–H and O–H groups in total. The molecule has 0 aliphatic carbocycles. The van der Waals surface area contributed by atoms with Crippen LogP contribution in [0.15, 0.2) is 12.1 Å². The maximum Gasteiger partial charge on any atom is 0.327 e. The van der Waals surface area contributed by atoms with Gasteiger partial charge in [-0.2, -0.15) is 0 Å². The van der Waals surface area contributed by atoms with Gasteiger partial charge in [-0.25, -0.2) is 4.79 Å². The van der Waals surface area contributed by atoms with E-state index in [1.165, 1.54) is 38.0 Å². The van der Waals surface area contributed by atoms with Crippen molar-refractivity contribution in [2.24, 2.45) is 0 Å². The van der Waals surface area contributed by atoms with E-state index in [2.05, 4.69) is 5.32 Å². The molecular formula is C19H24N2O7S. The number of rotatable bonds is 6. The van der Waals surface area contributed by atoms with Crippen LogP contribution in [0.25, 0.3) is 0 Å². The summed E-state index contributed by atoms with van der Waals surface area (Å²) in [5.41, 5.74) is -1.17. The summed E-state index contributed by atoms with van der Waals surface area (Å²) in [5, 5.41) is 11.8. The second-order valence-electron chi connectivity index (χ2n) is 7.56. The average molecular weight is 424 g/mol. The Bertz CT molecular complexity index is 888. The van der Waals surface area contributed by atoms with Crippen LogP contribution >= 0.6 is 11.8 Å². The molecule has 0 bridgehead atoms. The molecule has 9 nitrogen and oxygen atoms in total. The highest BCUT2D eigenvalue weighted by molar-refractivity contribution is 8.01. The van der Waals surface area contributed by atoms with Crippen molar-refractivity contribution in [2.45, 2.75) is 42.5 Å². The lowest BCUT2D eigenvalue weighted by Gasteiger charge is -2.51. The number of amides is 2. The third-order valence-electron chi connectivity index (χ3n) is 5.34. The number of ether oxygens (including phenoxy) is 3. The van der Waals surface area contributed by atoms with Crippen molar-refractivity contribution >= 4 is 29.5 Å². The zero-order valence-corrected chi connectivity index (χ0v) is 17.9. The summed E-state index contributed by atoms with van der Waals surface area (Å²) in [6, 6.07) is 2.22. The SMILES string of the molecule is COc1ccc(OC)c(C(=O)N[C@@]2(C)C(=O)N3[C@@H](C(=O)O)C(C)(C)S[C@@H]32)c1OC. The Labute approximate surface area is 172 Å². The van der Waals surface area contributed by atoms with E-state index in [-0.39, 0.29) is 17.1 Å². The number of benzene rings is 1. The number of nitrogens with one attached hydrogen (secondary N) is 1. The van der Waals surface area contributed by atoms with Crippen molar-refractivity contribution in [2.75, 3.05) is 21.3 Å². The smallest absolute Gasteiger partial charge is 0.327 e. The minimum atomic E-state index is -1.26. The first kappa shape index (κ1) is 21.1. The third kappa shape index (κ3) is 2.97. The van der Waals surface area contributed by atoms with E-state index in [9.17, 15) is 19.5 Å². The van der Waals surface area contributed by atoms with Gasteiger partial charge < -0.3 is 29.5 Å². The number of hydrogen-bond acceptors (Lipinski definition) is 7. The highest BCUT2D eigenvalue weighted by Crippen LogP contribution is 2.55.